The SMILES string of the molecule is CNC(=S)NC(=S)N=C(C)C. The van der Waals surface area contributed by atoms with Crippen LogP contribution in [-0.2, 0) is 0 Å². The molecule has 0 aromatic carbocycles. The Morgan fingerprint density at radius 1 is 1.27 bits per heavy atom. The third-order valence-corrected chi connectivity index (χ3v) is 1.27. The minimum absolute atomic E-state index is 0.393. The lowest BCUT2D eigenvalue weighted by Gasteiger charge is -2.03. The van der Waals surface area contributed by atoms with Crippen molar-refractivity contribution in [2.45, 2.75) is 13.8 Å². The molecule has 0 spiro atoms. The van der Waals surface area contributed by atoms with Crippen LogP contribution in [0.3, 0.4) is 0 Å². The highest BCUT2D eigenvalue weighted by atomic mass is 32.1. The molecule has 0 rings (SSSR count). The van der Waals surface area contributed by atoms with E-state index in [1.54, 1.807) is 7.05 Å². The average molecular weight is 189 g/mol. The zero-order chi connectivity index (χ0) is 8.85. The number of rotatable bonds is 0. The van der Waals surface area contributed by atoms with Crippen molar-refractivity contribution in [3.8, 4) is 0 Å². The second-order valence-electron chi connectivity index (χ2n) is 2.07. The van der Waals surface area contributed by atoms with Crippen molar-refractivity contribution in [1.82, 2.24) is 10.6 Å². The summed E-state index contributed by atoms with van der Waals surface area (Å²) in [5.74, 6) is 0. The quantitative estimate of drug-likeness (QED) is 0.437. The van der Waals surface area contributed by atoms with Crippen LogP contribution >= 0.6 is 24.4 Å². The standard InChI is InChI=1S/C6H11N3S2/c1-4(2)8-6(11)9-5(10)7-3/h1-3H3,(H2,7,9,10,11). The molecule has 0 aliphatic rings. The molecule has 11 heavy (non-hydrogen) atoms. The minimum Gasteiger partial charge on any atom is -0.365 e. The normalized spacial score (nSPS) is 8.27. The molecule has 0 radical (unpaired) electrons. The first kappa shape index (κ1) is 10.4. The lowest BCUT2D eigenvalue weighted by molar-refractivity contribution is 1.13. The lowest BCUT2D eigenvalue weighted by atomic mass is 10.5. The monoisotopic (exact) mass is 189 g/mol. The Hall–Kier alpha value is -0.550. The zero-order valence-corrected chi connectivity index (χ0v) is 8.40. The summed E-state index contributed by atoms with van der Waals surface area (Å²) in [5.41, 5.74) is 0.904. The van der Waals surface area contributed by atoms with E-state index in [1.165, 1.54) is 0 Å². The highest BCUT2D eigenvalue weighted by Crippen LogP contribution is 1.79. The Labute approximate surface area is 77.3 Å². The van der Waals surface area contributed by atoms with Crippen LogP contribution in [0.5, 0.6) is 0 Å². The van der Waals surface area contributed by atoms with Gasteiger partial charge in [0.25, 0.3) is 0 Å². The number of hydrogen-bond acceptors (Lipinski definition) is 2. The number of nitrogens with zero attached hydrogens (tertiary/aromatic N) is 1. The Bertz CT molecular complexity index is 194. The molecular weight excluding hydrogens is 178 g/mol. The van der Waals surface area contributed by atoms with Gasteiger partial charge in [0.15, 0.2) is 10.2 Å². The molecule has 0 unspecified atom stereocenters. The summed E-state index contributed by atoms with van der Waals surface area (Å²) < 4.78 is 0. The van der Waals surface area contributed by atoms with E-state index < -0.39 is 0 Å². The van der Waals surface area contributed by atoms with Crippen molar-refractivity contribution in [2.24, 2.45) is 4.99 Å². The van der Waals surface area contributed by atoms with E-state index in [4.69, 9.17) is 24.4 Å². The van der Waals surface area contributed by atoms with Crippen LogP contribution < -0.4 is 10.6 Å². The van der Waals surface area contributed by atoms with Crippen LogP contribution in [-0.4, -0.2) is 23.0 Å². The Morgan fingerprint density at radius 2 is 1.82 bits per heavy atom. The summed E-state index contributed by atoms with van der Waals surface area (Å²) in [7, 11) is 1.72. The molecule has 0 amide bonds. The van der Waals surface area contributed by atoms with Gasteiger partial charge in [0.2, 0.25) is 0 Å². The van der Waals surface area contributed by atoms with Gasteiger partial charge in [0.05, 0.1) is 0 Å². The largest absolute Gasteiger partial charge is 0.365 e. The number of nitrogens with one attached hydrogen (secondary N) is 2. The van der Waals surface area contributed by atoms with Gasteiger partial charge in [-0.3, -0.25) is 0 Å². The second-order valence-corrected chi connectivity index (χ2v) is 2.86. The first-order valence-electron chi connectivity index (χ1n) is 3.11. The molecular formula is C6H11N3S2. The molecule has 0 heterocycles. The van der Waals surface area contributed by atoms with Gasteiger partial charge in [-0.15, -0.1) is 0 Å². The smallest absolute Gasteiger partial charge is 0.198 e. The number of thiocarbonyl (C=S) groups is 2. The second kappa shape index (κ2) is 5.15. The molecule has 0 fully saturated rings. The summed E-state index contributed by atoms with van der Waals surface area (Å²) >= 11 is 9.65. The van der Waals surface area contributed by atoms with Crippen LogP contribution in [0.15, 0.2) is 4.99 Å². The van der Waals surface area contributed by atoms with E-state index in [-0.39, 0.29) is 0 Å². The van der Waals surface area contributed by atoms with Crippen molar-refractivity contribution < 1.29 is 0 Å². The molecule has 0 aromatic rings. The van der Waals surface area contributed by atoms with Gasteiger partial charge in [-0.1, -0.05) is 0 Å². The van der Waals surface area contributed by atoms with Gasteiger partial charge in [-0.25, -0.2) is 4.99 Å². The molecule has 0 atom stereocenters. The van der Waals surface area contributed by atoms with Gasteiger partial charge < -0.3 is 10.6 Å². The van der Waals surface area contributed by atoms with Gasteiger partial charge in [-0.05, 0) is 38.3 Å². The molecule has 0 aromatic heterocycles. The highest BCUT2D eigenvalue weighted by Gasteiger charge is 1.94. The van der Waals surface area contributed by atoms with Crippen molar-refractivity contribution >= 4 is 40.4 Å². The molecule has 62 valence electrons. The van der Waals surface area contributed by atoms with Crippen LogP contribution in [0.4, 0.5) is 0 Å². The van der Waals surface area contributed by atoms with Crippen LogP contribution in [0.1, 0.15) is 13.8 Å². The fourth-order valence-electron chi connectivity index (χ4n) is 0.391. The first-order valence-corrected chi connectivity index (χ1v) is 3.92. The Morgan fingerprint density at radius 3 is 2.18 bits per heavy atom. The van der Waals surface area contributed by atoms with Crippen molar-refractivity contribution in [1.29, 1.82) is 0 Å². The first-order chi connectivity index (χ1) is 5.06. The zero-order valence-electron chi connectivity index (χ0n) is 6.76. The molecule has 0 bridgehead atoms. The van der Waals surface area contributed by atoms with E-state index in [2.05, 4.69) is 15.6 Å². The van der Waals surface area contributed by atoms with E-state index in [9.17, 15) is 0 Å². The van der Waals surface area contributed by atoms with E-state index in [0.29, 0.717) is 10.2 Å². The summed E-state index contributed by atoms with van der Waals surface area (Å²) in [6.07, 6.45) is 0. The van der Waals surface area contributed by atoms with Gasteiger partial charge in [0, 0.05) is 12.8 Å². The molecule has 5 heteroatoms. The summed E-state index contributed by atoms with van der Waals surface area (Å²) in [6, 6.07) is 0. The predicted octanol–water partition coefficient (Wildman–Crippen LogP) is 0.846. The van der Waals surface area contributed by atoms with Gasteiger partial charge in [0.1, 0.15) is 0 Å². The Kier molecular flexibility index (Phi) is 4.89. The van der Waals surface area contributed by atoms with Crippen LogP contribution in [0.25, 0.3) is 0 Å². The third kappa shape index (κ3) is 5.87. The van der Waals surface area contributed by atoms with E-state index >= 15 is 0 Å². The van der Waals surface area contributed by atoms with Gasteiger partial charge >= 0.3 is 0 Å². The maximum absolute atomic E-state index is 4.85. The third-order valence-electron chi connectivity index (χ3n) is 0.773. The summed E-state index contributed by atoms with van der Waals surface area (Å²) in [6.45, 7) is 3.74. The summed E-state index contributed by atoms with van der Waals surface area (Å²) in [4.78, 5) is 3.97. The summed E-state index contributed by atoms with van der Waals surface area (Å²) in [5, 5.41) is 6.34. The maximum Gasteiger partial charge on any atom is 0.198 e. The van der Waals surface area contributed by atoms with Crippen LogP contribution in [0, 0.1) is 0 Å². The van der Waals surface area contributed by atoms with Crippen molar-refractivity contribution in [3.05, 3.63) is 0 Å². The molecule has 3 nitrogen and oxygen atoms in total. The lowest BCUT2D eigenvalue weighted by Crippen LogP contribution is -2.35. The predicted molar refractivity (Wildman–Crippen MR) is 56.2 cm³/mol. The molecule has 0 saturated carbocycles. The van der Waals surface area contributed by atoms with E-state index in [0.717, 1.165) is 5.71 Å². The minimum atomic E-state index is 0.393. The van der Waals surface area contributed by atoms with E-state index in [1.807, 2.05) is 13.8 Å². The van der Waals surface area contributed by atoms with Gasteiger partial charge in [-0.2, -0.15) is 0 Å². The van der Waals surface area contributed by atoms with Crippen molar-refractivity contribution in [2.75, 3.05) is 7.05 Å². The maximum atomic E-state index is 4.85. The fraction of sp³-hybridized carbons (Fsp3) is 0.500. The number of aliphatic imine (C=N–C) groups is 1. The fourth-order valence-corrected chi connectivity index (χ4v) is 0.837. The highest BCUT2D eigenvalue weighted by molar-refractivity contribution is 7.81. The molecule has 0 aliphatic carbocycles. The van der Waals surface area contributed by atoms with Crippen molar-refractivity contribution in [3.63, 3.8) is 0 Å². The molecule has 2 N–H and O–H groups in total. The molecule has 0 aliphatic heterocycles. The average Bonchev–Trinajstić information content (AvgIpc) is 1.85. The topological polar surface area (TPSA) is 36.4 Å². The van der Waals surface area contributed by atoms with Crippen LogP contribution in [0.2, 0.25) is 0 Å². The number of hydrogen-bond donors (Lipinski definition) is 2. The molecule has 0 saturated heterocycles. The Balaban J connectivity index is 3.89.